The molecule has 0 amide bonds. The maximum atomic E-state index is 9.67. The summed E-state index contributed by atoms with van der Waals surface area (Å²) in [6.45, 7) is 2.88. The summed E-state index contributed by atoms with van der Waals surface area (Å²) in [5.74, 6) is 1.48. The van der Waals surface area contributed by atoms with Gasteiger partial charge in [0, 0.05) is 31.5 Å². The molecule has 0 aliphatic heterocycles. The van der Waals surface area contributed by atoms with Gasteiger partial charge in [-0.05, 0) is 12.5 Å². The van der Waals surface area contributed by atoms with Crippen molar-refractivity contribution in [2.24, 2.45) is 0 Å². The van der Waals surface area contributed by atoms with E-state index in [2.05, 4.69) is 47.7 Å². The van der Waals surface area contributed by atoms with Gasteiger partial charge in [-0.25, -0.2) is 15.0 Å². The van der Waals surface area contributed by atoms with E-state index in [0.29, 0.717) is 23.2 Å². The van der Waals surface area contributed by atoms with E-state index in [4.69, 9.17) is 0 Å². The molecule has 1 atom stereocenters. The topological polar surface area (TPSA) is 112 Å². The Kier molecular flexibility index (Phi) is 6.77. The Bertz CT molecular complexity index is 1070. The summed E-state index contributed by atoms with van der Waals surface area (Å²) in [7, 11) is 0. The van der Waals surface area contributed by atoms with Crippen LogP contribution in [0, 0.1) is 0 Å². The Morgan fingerprint density at radius 2 is 2.03 bits per heavy atom. The second-order valence-corrected chi connectivity index (χ2v) is 8.71. The first-order chi connectivity index (χ1) is 14.7. The maximum absolute atomic E-state index is 9.67. The maximum Gasteiger partial charge on any atom is 0.191 e. The number of aromatic nitrogens is 5. The van der Waals surface area contributed by atoms with Crippen LogP contribution in [0.3, 0.4) is 0 Å². The molecule has 0 spiro atoms. The third-order valence-corrected chi connectivity index (χ3v) is 6.15. The molecule has 0 bridgehead atoms. The van der Waals surface area contributed by atoms with Crippen molar-refractivity contribution in [2.75, 3.05) is 23.7 Å². The normalized spacial score (nSPS) is 12.2. The predicted octanol–water partition coefficient (Wildman–Crippen LogP) is 3.55. The number of aromatic amines is 1. The Balaban J connectivity index is 1.51. The molecular weight excluding hydrogens is 418 g/mol. The van der Waals surface area contributed by atoms with E-state index in [1.54, 1.807) is 25.0 Å². The van der Waals surface area contributed by atoms with Crippen LogP contribution in [-0.2, 0) is 12.2 Å². The minimum Gasteiger partial charge on any atom is -0.392 e. The fourth-order valence-corrected chi connectivity index (χ4v) is 4.45. The highest BCUT2D eigenvalue weighted by Gasteiger charge is 2.14. The second-order valence-electron chi connectivity index (χ2n) is 6.77. The van der Waals surface area contributed by atoms with Gasteiger partial charge in [0.1, 0.15) is 4.70 Å². The lowest BCUT2D eigenvalue weighted by Gasteiger charge is -2.09. The summed E-state index contributed by atoms with van der Waals surface area (Å²) in [6.07, 6.45) is 3.89. The molecule has 30 heavy (non-hydrogen) atoms. The molecule has 0 saturated heterocycles. The van der Waals surface area contributed by atoms with Crippen molar-refractivity contribution < 1.29 is 5.11 Å². The number of aliphatic hydroxyl groups is 1. The summed E-state index contributed by atoms with van der Waals surface area (Å²) < 4.78 is 0.877. The van der Waals surface area contributed by atoms with Crippen LogP contribution < -0.4 is 10.6 Å². The second kappa shape index (κ2) is 9.88. The van der Waals surface area contributed by atoms with E-state index in [9.17, 15) is 5.11 Å². The van der Waals surface area contributed by atoms with Gasteiger partial charge in [-0.1, -0.05) is 53.4 Å². The molecule has 1 aromatic carbocycles. The van der Waals surface area contributed by atoms with Gasteiger partial charge in [0.15, 0.2) is 21.8 Å². The quantitative estimate of drug-likeness (QED) is 0.218. The van der Waals surface area contributed by atoms with Crippen molar-refractivity contribution in [3.8, 4) is 0 Å². The molecule has 3 heterocycles. The van der Waals surface area contributed by atoms with Gasteiger partial charge >= 0.3 is 0 Å². The van der Waals surface area contributed by atoms with E-state index in [-0.39, 0.29) is 0 Å². The molecule has 0 saturated carbocycles. The van der Waals surface area contributed by atoms with E-state index in [1.165, 1.54) is 16.9 Å². The fourth-order valence-electron chi connectivity index (χ4n) is 2.76. The number of thiazole rings is 1. The van der Waals surface area contributed by atoms with Gasteiger partial charge in [0.05, 0.1) is 18.1 Å². The molecule has 1 unspecified atom stereocenters. The number of hydrogen-bond donors (Lipinski definition) is 4. The summed E-state index contributed by atoms with van der Waals surface area (Å²) in [5.41, 5.74) is 2.87. The molecule has 4 N–H and O–H groups in total. The van der Waals surface area contributed by atoms with Crippen molar-refractivity contribution in [1.82, 2.24) is 24.9 Å². The van der Waals surface area contributed by atoms with Crippen molar-refractivity contribution in [3.05, 3.63) is 54.1 Å². The summed E-state index contributed by atoms with van der Waals surface area (Å²) in [6, 6.07) is 10.2. The van der Waals surface area contributed by atoms with Crippen LogP contribution >= 0.6 is 23.1 Å². The van der Waals surface area contributed by atoms with Gasteiger partial charge in [0.25, 0.3) is 0 Å². The number of benzene rings is 1. The SMILES string of the molecule is CC(O)CNc1nc(SCc2ccccc2)nc2nc(NCCc3c[nH]cn3)sc12. The highest BCUT2D eigenvalue weighted by molar-refractivity contribution is 7.98. The van der Waals surface area contributed by atoms with Crippen molar-refractivity contribution >= 4 is 44.4 Å². The summed E-state index contributed by atoms with van der Waals surface area (Å²) >= 11 is 3.08. The lowest BCUT2D eigenvalue weighted by molar-refractivity contribution is 0.208. The number of aliphatic hydroxyl groups excluding tert-OH is 1. The predicted molar refractivity (Wildman–Crippen MR) is 122 cm³/mol. The minimum absolute atomic E-state index is 0.411. The van der Waals surface area contributed by atoms with E-state index >= 15 is 0 Å². The first-order valence-corrected chi connectivity index (χ1v) is 11.5. The Hall–Kier alpha value is -2.69. The third kappa shape index (κ3) is 5.47. The van der Waals surface area contributed by atoms with Crippen molar-refractivity contribution in [1.29, 1.82) is 0 Å². The zero-order valence-electron chi connectivity index (χ0n) is 16.5. The number of H-pyrrole nitrogens is 1. The molecule has 0 fully saturated rings. The standard InChI is InChI=1S/C20H23N7OS2/c1-13(28)9-23-17-16-18(26-19(30-16)22-8-7-15-10-21-12-24-15)27-20(25-17)29-11-14-5-3-2-4-6-14/h2-6,10,12-13,28H,7-9,11H2,1H3,(H,21,24)(H2,22,23,25,26,27). The number of hydrogen-bond acceptors (Lipinski definition) is 9. The highest BCUT2D eigenvalue weighted by atomic mass is 32.2. The van der Waals surface area contributed by atoms with E-state index in [1.807, 2.05) is 24.4 Å². The molecule has 156 valence electrons. The van der Waals surface area contributed by atoms with Gasteiger partial charge in [-0.15, -0.1) is 0 Å². The molecular formula is C20H23N7OS2. The molecule has 4 rings (SSSR count). The number of fused-ring (bicyclic) bond motifs is 1. The average Bonchev–Trinajstić information content (AvgIpc) is 3.41. The molecule has 8 nitrogen and oxygen atoms in total. The van der Waals surface area contributed by atoms with Crippen molar-refractivity contribution in [3.63, 3.8) is 0 Å². The Morgan fingerprint density at radius 3 is 2.80 bits per heavy atom. The number of rotatable bonds is 10. The van der Waals surface area contributed by atoms with Crippen LogP contribution in [0.4, 0.5) is 10.9 Å². The van der Waals surface area contributed by atoms with Gasteiger partial charge in [-0.2, -0.15) is 4.98 Å². The van der Waals surface area contributed by atoms with Crippen molar-refractivity contribution in [2.45, 2.75) is 30.4 Å². The zero-order chi connectivity index (χ0) is 20.8. The molecule has 0 aliphatic rings. The smallest absolute Gasteiger partial charge is 0.191 e. The monoisotopic (exact) mass is 441 g/mol. The summed E-state index contributed by atoms with van der Waals surface area (Å²) in [5, 5.41) is 17.7. The molecule has 0 radical (unpaired) electrons. The average molecular weight is 442 g/mol. The van der Waals surface area contributed by atoms with E-state index in [0.717, 1.165) is 34.2 Å². The Morgan fingerprint density at radius 1 is 1.17 bits per heavy atom. The number of nitrogens with one attached hydrogen (secondary N) is 3. The molecule has 4 aromatic rings. The largest absolute Gasteiger partial charge is 0.392 e. The lowest BCUT2D eigenvalue weighted by Crippen LogP contribution is -2.16. The van der Waals surface area contributed by atoms with Crippen LogP contribution in [0.2, 0.25) is 0 Å². The van der Waals surface area contributed by atoms with Crippen LogP contribution in [0.5, 0.6) is 0 Å². The lowest BCUT2D eigenvalue weighted by atomic mass is 10.2. The number of thioether (sulfide) groups is 1. The van der Waals surface area contributed by atoms with Crippen LogP contribution in [0.1, 0.15) is 18.2 Å². The first-order valence-electron chi connectivity index (χ1n) is 9.66. The number of anilines is 2. The molecule has 0 aliphatic carbocycles. The van der Waals surface area contributed by atoms with Crippen LogP contribution in [0.25, 0.3) is 10.3 Å². The summed E-state index contributed by atoms with van der Waals surface area (Å²) in [4.78, 5) is 21.2. The van der Waals surface area contributed by atoms with Gasteiger partial charge in [-0.3, -0.25) is 0 Å². The van der Waals surface area contributed by atoms with Crippen LogP contribution in [0.15, 0.2) is 48.0 Å². The first kappa shape index (κ1) is 20.6. The fraction of sp³-hybridized carbons (Fsp3) is 0.300. The third-order valence-electron chi connectivity index (χ3n) is 4.22. The minimum atomic E-state index is -0.477. The molecule has 10 heteroatoms. The highest BCUT2D eigenvalue weighted by Crippen LogP contribution is 2.32. The van der Waals surface area contributed by atoms with Gasteiger partial charge < -0.3 is 20.7 Å². The Labute approximate surface area is 182 Å². The van der Waals surface area contributed by atoms with Gasteiger partial charge in [0.2, 0.25) is 0 Å². The number of imidazole rings is 1. The van der Waals surface area contributed by atoms with E-state index < -0.39 is 6.10 Å². The zero-order valence-corrected chi connectivity index (χ0v) is 18.1. The number of nitrogens with zero attached hydrogens (tertiary/aromatic N) is 4. The van der Waals surface area contributed by atoms with Crippen LogP contribution in [-0.4, -0.2) is 49.2 Å². The molecule has 3 aromatic heterocycles.